The number of carbonyl (C=O) groups is 1. The predicted octanol–water partition coefficient (Wildman–Crippen LogP) is 1.39. The zero-order valence-electron chi connectivity index (χ0n) is 7.49. The molecule has 0 aliphatic heterocycles. The monoisotopic (exact) mass is 175 g/mol. The van der Waals surface area contributed by atoms with Crippen molar-refractivity contribution in [2.24, 2.45) is 11.7 Å². The van der Waals surface area contributed by atoms with Gasteiger partial charge in [0.1, 0.15) is 0 Å². The second kappa shape index (κ2) is 3.30. The van der Waals surface area contributed by atoms with Crippen molar-refractivity contribution in [1.82, 2.24) is 0 Å². The lowest BCUT2D eigenvalue weighted by Gasteiger charge is -2.21. The fraction of sp³-hybridized carbons (Fsp3) is 0.364. The molecular formula is C11H13NO. The molecule has 1 unspecified atom stereocenters. The summed E-state index contributed by atoms with van der Waals surface area (Å²) >= 11 is 0. The minimum Gasteiger partial charge on any atom is -0.330 e. The fourth-order valence-corrected chi connectivity index (χ4v) is 1.88. The van der Waals surface area contributed by atoms with Crippen LogP contribution in [-0.2, 0) is 6.42 Å². The molecule has 68 valence electrons. The van der Waals surface area contributed by atoms with Crippen molar-refractivity contribution in [3.8, 4) is 0 Å². The summed E-state index contributed by atoms with van der Waals surface area (Å²) in [6.45, 7) is 0.479. The van der Waals surface area contributed by atoms with Gasteiger partial charge in [-0.05, 0) is 18.4 Å². The molecule has 1 atom stereocenters. The summed E-state index contributed by atoms with van der Waals surface area (Å²) in [7, 11) is 0. The Morgan fingerprint density at radius 1 is 1.38 bits per heavy atom. The molecule has 0 heterocycles. The Morgan fingerprint density at radius 3 is 2.92 bits per heavy atom. The first kappa shape index (κ1) is 8.45. The van der Waals surface area contributed by atoms with Gasteiger partial charge in [0.2, 0.25) is 0 Å². The molecule has 0 spiro atoms. The quantitative estimate of drug-likeness (QED) is 0.701. The lowest BCUT2D eigenvalue weighted by molar-refractivity contribution is 0.0907. The second-order valence-electron chi connectivity index (χ2n) is 3.49. The Balaban J connectivity index is 2.39. The number of ketones is 1. The van der Waals surface area contributed by atoms with E-state index in [1.807, 2.05) is 24.3 Å². The van der Waals surface area contributed by atoms with Crippen LogP contribution in [0.3, 0.4) is 0 Å². The lowest BCUT2D eigenvalue weighted by atomic mass is 9.83. The highest BCUT2D eigenvalue weighted by molar-refractivity contribution is 6.00. The van der Waals surface area contributed by atoms with Crippen LogP contribution in [0.2, 0.25) is 0 Å². The van der Waals surface area contributed by atoms with Gasteiger partial charge in [-0.15, -0.1) is 0 Å². The standard InChI is InChI=1S/C11H13NO/c12-7-9-6-5-8-3-1-2-4-10(8)11(9)13/h1-4,9H,5-7,12H2. The van der Waals surface area contributed by atoms with Gasteiger partial charge in [-0.1, -0.05) is 24.3 Å². The summed E-state index contributed by atoms with van der Waals surface area (Å²) in [4.78, 5) is 11.8. The van der Waals surface area contributed by atoms with Gasteiger partial charge in [0, 0.05) is 18.0 Å². The highest BCUT2D eigenvalue weighted by atomic mass is 16.1. The van der Waals surface area contributed by atoms with E-state index in [1.54, 1.807) is 0 Å². The van der Waals surface area contributed by atoms with E-state index in [-0.39, 0.29) is 11.7 Å². The molecule has 13 heavy (non-hydrogen) atoms. The van der Waals surface area contributed by atoms with Gasteiger partial charge in [0.25, 0.3) is 0 Å². The maximum atomic E-state index is 11.8. The summed E-state index contributed by atoms with van der Waals surface area (Å²) in [5.41, 5.74) is 7.59. The topological polar surface area (TPSA) is 43.1 Å². The normalized spacial score (nSPS) is 21.3. The summed E-state index contributed by atoms with van der Waals surface area (Å²) in [5, 5.41) is 0. The summed E-state index contributed by atoms with van der Waals surface area (Å²) < 4.78 is 0. The number of aryl methyl sites for hydroxylation is 1. The smallest absolute Gasteiger partial charge is 0.167 e. The van der Waals surface area contributed by atoms with Crippen molar-refractivity contribution in [3.05, 3.63) is 35.4 Å². The average molecular weight is 175 g/mol. The SMILES string of the molecule is NCC1CCc2ccccc2C1=O. The third kappa shape index (κ3) is 1.38. The Hall–Kier alpha value is -1.15. The van der Waals surface area contributed by atoms with Crippen molar-refractivity contribution in [3.63, 3.8) is 0 Å². The van der Waals surface area contributed by atoms with Crippen LogP contribution in [-0.4, -0.2) is 12.3 Å². The molecule has 1 aromatic carbocycles. The molecule has 0 radical (unpaired) electrons. The van der Waals surface area contributed by atoms with E-state index in [2.05, 4.69) is 0 Å². The Kier molecular flexibility index (Phi) is 2.15. The summed E-state index contributed by atoms with van der Waals surface area (Å²) in [6.07, 6.45) is 1.90. The van der Waals surface area contributed by atoms with Gasteiger partial charge in [0.15, 0.2) is 5.78 Å². The molecule has 2 heteroatoms. The minimum atomic E-state index is 0.0508. The van der Waals surface area contributed by atoms with E-state index < -0.39 is 0 Å². The van der Waals surface area contributed by atoms with E-state index in [0.29, 0.717) is 6.54 Å². The van der Waals surface area contributed by atoms with Crippen molar-refractivity contribution in [1.29, 1.82) is 0 Å². The number of hydrogen-bond acceptors (Lipinski definition) is 2. The Labute approximate surface area is 77.8 Å². The number of Topliss-reactive ketones (excluding diaryl/α,β-unsaturated/α-hetero) is 1. The van der Waals surface area contributed by atoms with Gasteiger partial charge in [-0.2, -0.15) is 0 Å². The maximum Gasteiger partial charge on any atom is 0.167 e. The second-order valence-corrected chi connectivity index (χ2v) is 3.49. The average Bonchev–Trinajstić information content (AvgIpc) is 2.19. The largest absolute Gasteiger partial charge is 0.330 e. The maximum absolute atomic E-state index is 11.8. The fourth-order valence-electron chi connectivity index (χ4n) is 1.88. The number of fused-ring (bicyclic) bond motifs is 1. The van der Waals surface area contributed by atoms with Crippen molar-refractivity contribution in [2.75, 3.05) is 6.54 Å². The van der Waals surface area contributed by atoms with Crippen molar-refractivity contribution in [2.45, 2.75) is 12.8 Å². The van der Waals surface area contributed by atoms with Crippen LogP contribution in [0.4, 0.5) is 0 Å². The minimum absolute atomic E-state index is 0.0508. The molecule has 2 N–H and O–H groups in total. The zero-order chi connectivity index (χ0) is 9.26. The van der Waals surface area contributed by atoms with Crippen LogP contribution in [0.5, 0.6) is 0 Å². The third-order valence-electron chi connectivity index (χ3n) is 2.70. The van der Waals surface area contributed by atoms with Crippen LogP contribution in [0, 0.1) is 5.92 Å². The summed E-state index contributed by atoms with van der Waals surface area (Å²) in [6, 6.07) is 7.82. The molecule has 2 rings (SSSR count). The third-order valence-corrected chi connectivity index (χ3v) is 2.70. The van der Waals surface area contributed by atoms with Gasteiger partial charge in [-0.3, -0.25) is 4.79 Å². The van der Waals surface area contributed by atoms with Gasteiger partial charge in [-0.25, -0.2) is 0 Å². The highest BCUT2D eigenvalue weighted by Crippen LogP contribution is 2.24. The number of carbonyl (C=O) groups excluding carboxylic acids is 1. The molecule has 0 aromatic heterocycles. The predicted molar refractivity (Wildman–Crippen MR) is 51.6 cm³/mol. The van der Waals surface area contributed by atoms with E-state index in [0.717, 1.165) is 18.4 Å². The van der Waals surface area contributed by atoms with Gasteiger partial charge in [0.05, 0.1) is 0 Å². The van der Waals surface area contributed by atoms with Crippen molar-refractivity contribution < 1.29 is 4.79 Å². The number of rotatable bonds is 1. The molecule has 1 aliphatic carbocycles. The van der Waals surface area contributed by atoms with Crippen LogP contribution in [0.15, 0.2) is 24.3 Å². The Bertz CT molecular complexity index is 333. The lowest BCUT2D eigenvalue weighted by Crippen LogP contribution is -2.28. The van der Waals surface area contributed by atoms with E-state index in [1.165, 1.54) is 5.56 Å². The van der Waals surface area contributed by atoms with Gasteiger partial charge < -0.3 is 5.73 Å². The molecular weight excluding hydrogens is 162 g/mol. The van der Waals surface area contributed by atoms with Crippen LogP contribution < -0.4 is 5.73 Å². The van der Waals surface area contributed by atoms with Crippen LogP contribution in [0.25, 0.3) is 0 Å². The number of nitrogens with two attached hydrogens (primary N) is 1. The first-order valence-corrected chi connectivity index (χ1v) is 4.65. The summed E-state index contributed by atoms with van der Waals surface area (Å²) in [5.74, 6) is 0.277. The molecule has 1 aromatic rings. The highest BCUT2D eigenvalue weighted by Gasteiger charge is 2.25. The first-order valence-electron chi connectivity index (χ1n) is 4.65. The van der Waals surface area contributed by atoms with Gasteiger partial charge >= 0.3 is 0 Å². The molecule has 2 nitrogen and oxygen atoms in total. The molecule has 1 aliphatic rings. The number of benzene rings is 1. The number of hydrogen-bond donors (Lipinski definition) is 1. The zero-order valence-corrected chi connectivity index (χ0v) is 7.49. The van der Waals surface area contributed by atoms with Crippen LogP contribution >= 0.6 is 0 Å². The van der Waals surface area contributed by atoms with E-state index >= 15 is 0 Å². The van der Waals surface area contributed by atoms with Crippen LogP contribution in [0.1, 0.15) is 22.3 Å². The first-order chi connectivity index (χ1) is 6.33. The molecule has 0 saturated heterocycles. The van der Waals surface area contributed by atoms with E-state index in [4.69, 9.17) is 5.73 Å². The molecule has 0 bridgehead atoms. The van der Waals surface area contributed by atoms with E-state index in [9.17, 15) is 4.79 Å². The molecule has 0 amide bonds. The Morgan fingerprint density at radius 2 is 2.15 bits per heavy atom. The molecule has 0 saturated carbocycles. The van der Waals surface area contributed by atoms with Crippen molar-refractivity contribution >= 4 is 5.78 Å². The molecule has 0 fully saturated rings.